The maximum atomic E-state index is 12.9. The Hall–Kier alpha value is -2.94. The molecule has 31 heavy (non-hydrogen) atoms. The number of nitrogens with one attached hydrogen (secondary N) is 1. The second kappa shape index (κ2) is 8.66. The van der Waals surface area contributed by atoms with E-state index in [0.717, 1.165) is 46.7 Å². The molecule has 0 radical (unpaired) electrons. The number of carbonyl (C=O) groups excluding carboxylic acids is 1. The smallest absolute Gasteiger partial charge is 0.241 e. The lowest BCUT2D eigenvalue weighted by molar-refractivity contribution is -0.120. The second-order valence-electron chi connectivity index (χ2n) is 7.67. The Morgan fingerprint density at radius 3 is 2.68 bits per heavy atom. The SMILES string of the molecule is COc1ccc2c(c1)CCCC2NC(=O)CN(c1ccc2c(c1)OCCO2)S(C)(=O)=O. The highest BCUT2D eigenvalue weighted by molar-refractivity contribution is 7.92. The van der Waals surface area contributed by atoms with Crippen LogP contribution in [0, 0.1) is 0 Å². The highest BCUT2D eigenvalue weighted by atomic mass is 32.2. The lowest BCUT2D eigenvalue weighted by atomic mass is 9.87. The number of hydrogen-bond acceptors (Lipinski definition) is 6. The van der Waals surface area contributed by atoms with Crippen LogP contribution in [0.1, 0.15) is 30.0 Å². The van der Waals surface area contributed by atoms with Crippen LogP contribution in [0.5, 0.6) is 17.2 Å². The first-order valence-electron chi connectivity index (χ1n) is 10.2. The molecule has 8 nitrogen and oxygen atoms in total. The van der Waals surface area contributed by atoms with Crippen molar-refractivity contribution in [2.75, 3.05) is 37.4 Å². The lowest BCUT2D eigenvalue weighted by Gasteiger charge is -2.29. The van der Waals surface area contributed by atoms with Crippen molar-refractivity contribution in [3.8, 4) is 17.2 Å². The summed E-state index contributed by atoms with van der Waals surface area (Å²) < 4.78 is 42.3. The molecule has 0 bridgehead atoms. The van der Waals surface area contributed by atoms with E-state index in [4.69, 9.17) is 14.2 Å². The minimum atomic E-state index is -3.69. The number of aryl methyl sites for hydroxylation is 1. The molecule has 2 aliphatic rings. The lowest BCUT2D eigenvalue weighted by Crippen LogP contribution is -2.42. The zero-order chi connectivity index (χ0) is 22.0. The number of amides is 1. The molecule has 0 aromatic heterocycles. The first-order chi connectivity index (χ1) is 14.8. The van der Waals surface area contributed by atoms with Gasteiger partial charge in [0.05, 0.1) is 25.1 Å². The van der Waals surface area contributed by atoms with Crippen molar-refractivity contribution < 1.29 is 27.4 Å². The van der Waals surface area contributed by atoms with Crippen LogP contribution in [0.4, 0.5) is 5.69 Å². The van der Waals surface area contributed by atoms with E-state index in [1.54, 1.807) is 25.3 Å². The first kappa shape index (κ1) is 21.3. The molecule has 0 saturated carbocycles. The van der Waals surface area contributed by atoms with Gasteiger partial charge in [0.1, 0.15) is 25.5 Å². The fraction of sp³-hybridized carbons (Fsp3) is 0.409. The molecular formula is C22H26N2O6S. The summed E-state index contributed by atoms with van der Waals surface area (Å²) in [5, 5.41) is 3.01. The van der Waals surface area contributed by atoms with Crippen LogP contribution < -0.4 is 23.8 Å². The normalized spacial score (nSPS) is 17.4. The van der Waals surface area contributed by atoms with Gasteiger partial charge in [-0.3, -0.25) is 9.10 Å². The topological polar surface area (TPSA) is 94.2 Å². The average molecular weight is 447 g/mol. The third-order valence-electron chi connectivity index (χ3n) is 5.50. The molecule has 4 rings (SSSR count). The predicted octanol–water partition coefficient (Wildman–Crippen LogP) is 2.43. The van der Waals surface area contributed by atoms with Crippen LogP contribution in [0.3, 0.4) is 0 Å². The molecule has 9 heteroatoms. The van der Waals surface area contributed by atoms with Crippen molar-refractivity contribution in [3.63, 3.8) is 0 Å². The average Bonchev–Trinajstić information content (AvgIpc) is 2.76. The summed E-state index contributed by atoms with van der Waals surface area (Å²) in [4.78, 5) is 12.9. The Kier molecular flexibility index (Phi) is 5.95. The minimum Gasteiger partial charge on any atom is -0.497 e. The third kappa shape index (κ3) is 4.71. The summed E-state index contributed by atoms with van der Waals surface area (Å²) in [6, 6.07) is 10.5. The quantitative estimate of drug-likeness (QED) is 0.733. The van der Waals surface area contributed by atoms with Crippen molar-refractivity contribution in [1.29, 1.82) is 0 Å². The summed E-state index contributed by atoms with van der Waals surface area (Å²) in [7, 11) is -2.06. The van der Waals surface area contributed by atoms with Gasteiger partial charge in [-0.2, -0.15) is 0 Å². The summed E-state index contributed by atoms with van der Waals surface area (Å²) >= 11 is 0. The molecule has 2 aromatic carbocycles. The highest BCUT2D eigenvalue weighted by Crippen LogP contribution is 2.35. The van der Waals surface area contributed by atoms with Gasteiger partial charge in [-0.1, -0.05) is 6.07 Å². The zero-order valence-corrected chi connectivity index (χ0v) is 18.4. The fourth-order valence-corrected chi connectivity index (χ4v) is 4.87. The summed E-state index contributed by atoms with van der Waals surface area (Å²) in [5.41, 5.74) is 2.55. The molecule has 0 fully saturated rings. The van der Waals surface area contributed by atoms with E-state index in [0.29, 0.717) is 30.4 Å². The molecule has 1 aliphatic carbocycles. The Balaban J connectivity index is 1.52. The van der Waals surface area contributed by atoms with Gasteiger partial charge >= 0.3 is 0 Å². The number of methoxy groups -OCH3 is 1. The highest BCUT2D eigenvalue weighted by Gasteiger charge is 2.26. The van der Waals surface area contributed by atoms with Gasteiger partial charge in [0, 0.05) is 6.07 Å². The molecule has 1 N–H and O–H groups in total. The third-order valence-corrected chi connectivity index (χ3v) is 6.64. The Labute approximate surface area is 182 Å². The van der Waals surface area contributed by atoms with E-state index in [1.807, 2.05) is 18.2 Å². The molecule has 1 amide bonds. The van der Waals surface area contributed by atoms with Gasteiger partial charge in [-0.25, -0.2) is 8.42 Å². The number of sulfonamides is 1. The van der Waals surface area contributed by atoms with E-state index in [1.165, 1.54) is 0 Å². The van der Waals surface area contributed by atoms with Crippen LogP contribution in [0.15, 0.2) is 36.4 Å². The molecular weight excluding hydrogens is 420 g/mol. The minimum absolute atomic E-state index is 0.163. The first-order valence-corrected chi connectivity index (χ1v) is 12.0. The van der Waals surface area contributed by atoms with Gasteiger partial charge in [0.15, 0.2) is 11.5 Å². The Morgan fingerprint density at radius 2 is 1.94 bits per heavy atom. The molecule has 1 unspecified atom stereocenters. The molecule has 2 aromatic rings. The van der Waals surface area contributed by atoms with Crippen molar-refractivity contribution in [2.24, 2.45) is 0 Å². The largest absolute Gasteiger partial charge is 0.497 e. The van der Waals surface area contributed by atoms with Crippen LogP contribution in [-0.4, -0.2) is 47.4 Å². The fourth-order valence-electron chi connectivity index (χ4n) is 4.03. The van der Waals surface area contributed by atoms with E-state index in [-0.39, 0.29) is 18.5 Å². The van der Waals surface area contributed by atoms with Crippen molar-refractivity contribution in [1.82, 2.24) is 5.32 Å². The number of nitrogens with zero attached hydrogens (tertiary/aromatic N) is 1. The standard InChI is InChI=1S/C22H26N2O6S/c1-28-17-7-8-18-15(12-17)4-3-5-19(18)23-22(25)14-24(31(2,26)27)16-6-9-20-21(13-16)30-11-10-29-20/h6-9,12-13,19H,3-5,10-11,14H2,1-2H3,(H,23,25). The number of anilines is 1. The van der Waals surface area contributed by atoms with Crippen molar-refractivity contribution >= 4 is 21.6 Å². The predicted molar refractivity (Wildman–Crippen MR) is 116 cm³/mol. The van der Waals surface area contributed by atoms with Gasteiger partial charge < -0.3 is 19.5 Å². The number of benzene rings is 2. The van der Waals surface area contributed by atoms with E-state index in [9.17, 15) is 13.2 Å². The maximum Gasteiger partial charge on any atom is 0.241 e. The Bertz CT molecular complexity index is 1090. The molecule has 1 aliphatic heterocycles. The van der Waals surface area contributed by atoms with E-state index < -0.39 is 10.0 Å². The van der Waals surface area contributed by atoms with Crippen LogP contribution in [0.25, 0.3) is 0 Å². The summed E-state index contributed by atoms with van der Waals surface area (Å²) in [6.07, 6.45) is 3.74. The van der Waals surface area contributed by atoms with Crippen LogP contribution in [0.2, 0.25) is 0 Å². The molecule has 166 valence electrons. The number of rotatable bonds is 6. The molecule has 0 saturated heterocycles. The number of fused-ring (bicyclic) bond motifs is 2. The van der Waals surface area contributed by atoms with E-state index in [2.05, 4.69) is 5.32 Å². The molecule has 0 spiro atoms. The van der Waals surface area contributed by atoms with Crippen LogP contribution >= 0.6 is 0 Å². The van der Waals surface area contributed by atoms with Crippen molar-refractivity contribution in [3.05, 3.63) is 47.5 Å². The van der Waals surface area contributed by atoms with Gasteiger partial charge in [0.2, 0.25) is 15.9 Å². The van der Waals surface area contributed by atoms with E-state index >= 15 is 0 Å². The molecule has 1 heterocycles. The molecule has 1 atom stereocenters. The maximum absolute atomic E-state index is 12.9. The zero-order valence-electron chi connectivity index (χ0n) is 17.6. The number of carbonyl (C=O) groups is 1. The summed E-state index contributed by atoms with van der Waals surface area (Å²) in [6.45, 7) is 0.515. The van der Waals surface area contributed by atoms with Crippen LogP contribution in [-0.2, 0) is 21.2 Å². The monoisotopic (exact) mass is 446 g/mol. The van der Waals surface area contributed by atoms with Crippen molar-refractivity contribution in [2.45, 2.75) is 25.3 Å². The van der Waals surface area contributed by atoms with Gasteiger partial charge in [0.25, 0.3) is 0 Å². The number of hydrogen-bond donors (Lipinski definition) is 1. The Morgan fingerprint density at radius 1 is 1.16 bits per heavy atom. The summed E-state index contributed by atoms with van der Waals surface area (Å²) in [5.74, 6) is 1.44. The van der Waals surface area contributed by atoms with Gasteiger partial charge in [-0.05, 0) is 54.7 Å². The number of ether oxygens (including phenoxy) is 3. The van der Waals surface area contributed by atoms with Gasteiger partial charge in [-0.15, -0.1) is 0 Å². The second-order valence-corrected chi connectivity index (χ2v) is 9.58.